The lowest BCUT2D eigenvalue weighted by Crippen LogP contribution is -2.03. The van der Waals surface area contributed by atoms with E-state index < -0.39 is 0 Å². The van der Waals surface area contributed by atoms with Crippen LogP contribution in [-0.4, -0.2) is 15.0 Å². The molecule has 3 rings (SSSR count). The highest BCUT2D eigenvalue weighted by molar-refractivity contribution is 5.81. The van der Waals surface area contributed by atoms with Crippen LogP contribution in [0.3, 0.4) is 0 Å². The Balaban J connectivity index is 2.03. The summed E-state index contributed by atoms with van der Waals surface area (Å²) in [4.78, 5) is 0. The molecule has 3 aromatic rings. The van der Waals surface area contributed by atoms with Crippen molar-refractivity contribution >= 4 is 5.69 Å². The molecule has 0 aliphatic carbocycles. The van der Waals surface area contributed by atoms with E-state index >= 15 is 0 Å². The molecule has 0 spiro atoms. The minimum absolute atomic E-state index is 0.205. The Kier molecular flexibility index (Phi) is 6.04. The molecular formula is C22H22N6. The van der Waals surface area contributed by atoms with E-state index in [0.717, 1.165) is 36.8 Å². The molecule has 0 fully saturated rings. The summed E-state index contributed by atoms with van der Waals surface area (Å²) in [6, 6.07) is 16.0. The maximum Gasteiger partial charge on any atom is 0.114 e. The van der Waals surface area contributed by atoms with Crippen molar-refractivity contribution in [2.24, 2.45) is 0 Å². The normalized spacial score (nSPS) is 10.4. The first-order chi connectivity index (χ1) is 13.7. The molecule has 0 aliphatic rings. The van der Waals surface area contributed by atoms with Gasteiger partial charge >= 0.3 is 0 Å². The van der Waals surface area contributed by atoms with E-state index in [9.17, 15) is 10.5 Å². The van der Waals surface area contributed by atoms with Crippen molar-refractivity contribution in [3.05, 3.63) is 64.8 Å². The predicted octanol–water partition coefficient (Wildman–Crippen LogP) is 4.05. The van der Waals surface area contributed by atoms with E-state index in [0.29, 0.717) is 28.9 Å². The lowest BCUT2D eigenvalue weighted by Gasteiger charge is -2.13. The molecule has 28 heavy (non-hydrogen) atoms. The fraction of sp³-hybridized carbons (Fsp3) is 0.273. The average molecular weight is 370 g/mol. The van der Waals surface area contributed by atoms with Gasteiger partial charge in [-0.2, -0.15) is 10.5 Å². The molecule has 6 nitrogen and oxygen atoms in total. The number of nitrogens with two attached hydrogens (primary N) is 1. The number of benzene rings is 2. The Hall–Kier alpha value is -3.64. The van der Waals surface area contributed by atoms with Gasteiger partial charge in [-0.05, 0) is 30.0 Å². The van der Waals surface area contributed by atoms with Gasteiger partial charge in [-0.15, -0.1) is 5.10 Å². The quantitative estimate of drug-likeness (QED) is 0.499. The van der Waals surface area contributed by atoms with E-state index in [1.807, 2.05) is 36.5 Å². The second-order valence-electron chi connectivity index (χ2n) is 6.71. The average Bonchev–Trinajstić information content (AvgIpc) is 3.17. The van der Waals surface area contributed by atoms with Crippen molar-refractivity contribution < 1.29 is 0 Å². The molecule has 0 saturated heterocycles. The van der Waals surface area contributed by atoms with Crippen LogP contribution in [0.1, 0.15) is 48.4 Å². The van der Waals surface area contributed by atoms with Gasteiger partial charge in [0.05, 0.1) is 29.6 Å². The van der Waals surface area contributed by atoms with E-state index in [1.165, 1.54) is 0 Å². The summed E-state index contributed by atoms with van der Waals surface area (Å²) in [5, 5.41) is 27.6. The zero-order valence-corrected chi connectivity index (χ0v) is 15.9. The number of aromatic nitrogens is 3. The highest BCUT2D eigenvalue weighted by Gasteiger charge is 2.20. The van der Waals surface area contributed by atoms with Crippen molar-refractivity contribution in [2.75, 3.05) is 5.73 Å². The molecule has 1 aromatic heterocycles. The lowest BCUT2D eigenvalue weighted by atomic mass is 9.91. The van der Waals surface area contributed by atoms with Gasteiger partial charge in [-0.25, -0.2) is 4.68 Å². The molecular weight excluding hydrogens is 348 g/mol. The minimum atomic E-state index is 0.205. The molecule has 1 heterocycles. The number of unbranched alkanes of at least 4 members (excludes halogenated alkanes) is 2. The number of rotatable bonds is 7. The van der Waals surface area contributed by atoms with Crippen molar-refractivity contribution in [3.63, 3.8) is 0 Å². The smallest absolute Gasteiger partial charge is 0.114 e. The summed E-state index contributed by atoms with van der Waals surface area (Å²) in [7, 11) is 0. The van der Waals surface area contributed by atoms with Crippen molar-refractivity contribution in [1.29, 1.82) is 10.5 Å². The van der Waals surface area contributed by atoms with Crippen molar-refractivity contribution in [2.45, 2.75) is 39.2 Å². The fourth-order valence-corrected chi connectivity index (χ4v) is 3.28. The SMILES string of the molecule is CCCCCc1cc(C#N)c(N)c(C#N)c1-c1cn(Cc2ccccc2)nn1. The first-order valence-electron chi connectivity index (χ1n) is 9.37. The number of anilines is 1. The molecule has 0 bridgehead atoms. The number of hydrogen-bond donors (Lipinski definition) is 1. The second-order valence-corrected chi connectivity index (χ2v) is 6.71. The highest BCUT2D eigenvalue weighted by Crippen LogP contribution is 2.33. The molecule has 0 amide bonds. The van der Waals surface area contributed by atoms with Gasteiger partial charge < -0.3 is 5.73 Å². The van der Waals surface area contributed by atoms with E-state index in [-0.39, 0.29) is 5.69 Å². The zero-order valence-electron chi connectivity index (χ0n) is 15.9. The summed E-state index contributed by atoms with van der Waals surface area (Å²) in [5.74, 6) is 0. The third-order valence-electron chi connectivity index (χ3n) is 4.71. The maximum absolute atomic E-state index is 9.72. The molecule has 0 aliphatic heterocycles. The monoisotopic (exact) mass is 370 g/mol. The van der Waals surface area contributed by atoms with Crippen molar-refractivity contribution in [3.8, 4) is 23.4 Å². The van der Waals surface area contributed by atoms with E-state index in [1.54, 1.807) is 10.7 Å². The molecule has 2 N–H and O–H groups in total. The molecule has 0 unspecified atom stereocenters. The Bertz CT molecular complexity index is 1040. The predicted molar refractivity (Wildman–Crippen MR) is 108 cm³/mol. The van der Waals surface area contributed by atoms with Crippen LogP contribution in [0.2, 0.25) is 0 Å². The Morgan fingerprint density at radius 2 is 1.89 bits per heavy atom. The topological polar surface area (TPSA) is 104 Å². The van der Waals surface area contributed by atoms with Gasteiger partial charge in [-0.3, -0.25) is 0 Å². The molecule has 0 atom stereocenters. The molecule has 0 radical (unpaired) electrons. The van der Waals surface area contributed by atoms with Gasteiger partial charge in [0, 0.05) is 5.56 Å². The maximum atomic E-state index is 9.72. The first kappa shape index (κ1) is 19.1. The highest BCUT2D eigenvalue weighted by atomic mass is 15.4. The van der Waals surface area contributed by atoms with Gasteiger partial charge in [0.2, 0.25) is 0 Å². The van der Waals surface area contributed by atoms with Crippen LogP contribution in [0.15, 0.2) is 42.6 Å². The van der Waals surface area contributed by atoms with Gasteiger partial charge in [-0.1, -0.05) is 55.3 Å². The third kappa shape index (κ3) is 4.02. The number of nitriles is 2. The standard InChI is InChI=1S/C22H22N6/c1-2-3-5-10-17-11-18(12-23)22(25)19(13-24)21(17)20-15-28(27-26-20)14-16-8-6-4-7-9-16/h4,6-9,11,15H,2-3,5,10,14,25H2,1H3. The second kappa shape index (κ2) is 8.83. The van der Waals surface area contributed by atoms with Crippen LogP contribution >= 0.6 is 0 Å². The third-order valence-corrected chi connectivity index (χ3v) is 4.71. The van der Waals surface area contributed by atoms with Crippen LogP contribution in [0.25, 0.3) is 11.3 Å². The lowest BCUT2D eigenvalue weighted by molar-refractivity contribution is 0.650. The largest absolute Gasteiger partial charge is 0.397 e. The Morgan fingerprint density at radius 1 is 1.11 bits per heavy atom. The minimum Gasteiger partial charge on any atom is -0.397 e. The summed E-state index contributed by atoms with van der Waals surface area (Å²) in [6.45, 7) is 2.73. The fourth-order valence-electron chi connectivity index (χ4n) is 3.28. The van der Waals surface area contributed by atoms with Crippen LogP contribution in [-0.2, 0) is 13.0 Å². The van der Waals surface area contributed by atoms with Gasteiger partial charge in [0.25, 0.3) is 0 Å². The summed E-state index contributed by atoms with van der Waals surface area (Å²) < 4.78 is 1.75. The summed E-state index contributed by atoms with van der Waals surface area (Å²) in [5.41, 5.74) is 10.3. The van der Waals surface area contributed by atoms with E-state index in [2.05, 4.69) is 29.4 Å². The number of nitrogens with zero attached hydrogens (tertiary/aromatic N) is 5. The summed E-state index contributed by atoms with van der Waals surface area (Å²) >= 11 is 0. The zero-order chi connectivity index (χ0) is 19.9. The Labute approximate surface area is 164 Å². The van der Waals surface area contributed by atoms with Crippen LogP contribution in [0, 0.1) is 22.7 Å². The van der Waals surface area contributed by atoms with Crippen LogP contribution in [0.4, 0.5) is 5.69 Å². The molecule has 0 saturated carbocycles. The van der Waals surface area contributed by atoms with Crippen LogP contribution < -0.4 is 5.73 Å². The summed E-state index contributed by atoms with van der Waals surface area (Å²) in [6.07, 6.45) is 5.74. The first-order valence-corrected chi connectivity index (χ1v) is 9.37. The Morgan fingerprint density at radius 3 is 2.57 bits per heavy atom. The molecule has 2 aromatic carbocycles. The van der Waals surface area contributed by atoms with E-state index in [4.69, 9.17) is 5.73 Å². The van der Waals surface area contributed by atoms with Crippen LogP contribution in [0.5, 0.6) is 0 Å². The molecule has 6 heteroatoms. The number of nitrogen functional groups attached to an aromatic ring is 1. The van der Waals surface area contributed by atoms with Gasteiger partial charge in [0.15, 0.2) is 0 Å². The van der Waals surface area contributed by atoms with Crippen molar-refractivity contribution in [1.82, 2.24) is 15.0 Å². The molecule has 140 valence electrons. The van der Waals surface area contributed by atoms with Gasteiger partial charge in [0.1, 0.15) is 17.8 Å². The number of hydrogen-bond acceptors (Lipinski definition) is 5. The number of aryl methyl sites for hydroxylation is 1.